The van der Waals surface area contributed by atoms with Crippen LogP contribution in [0.2, 0.25) is 0 Å². The Balaban J connectivity index is 3.77. The maximum Gasteiger partial charge on any atom is 0.306 e. The topological polar surface area (TPSA) is 111 Å². The third-order valence-electron chi connectivity index (χ3n) is 14.7. The zero-order chi connectivity index (χ0) is 54.9. The van der Waals surface area contributed by atoms with E-state index in [0.717, 1.165) is 38.5 Å². The number of likely N-dealkylation sites (N-methyl/N-ethyl adjacent to an activating group) is 1. The van der Waals surface area contributed by atoms with Crippen LogP contribution in [0.4, 0.5) is 0 Å². The summed E-state index contributed by atoms with van der Waals surface area (Å²) >= 11 is 0. The van der Waals surface area contributed by atoms with Gasteiger partial charge in [0.25, 0.3) is 7.82 Å². The van der Waals surface area contributed by atoms with E-state index < -0.39 is 26.5 Å². The average Bonchev–Trinajstić information content (AvgIpc) is 3.37. The van der Waals surface area contributed by atoms with Crippen LogP contribution in [-0.2, 0) is 32.7 Å². The Bertz CT molecular complexity index is 1320. The van der Waals surface area contributed by atoms with E-state index in [1.165, 1.54) is 257 Å². The first kappa shape index (κ1) is 73.5. The molecule has 0 radical (unpaired) electrons. The number of unbranched alkanes of at least 4 members (excludes halogenated alkanes) is 43. The highest BCUT2D eigenvalue weighted by atomic mass is 31.2. The lowest BCUT2D eigenvalue weighted by Gasteiger charge is -2.28. The molecule has 0 spiro atoms. The summed E-state index contributed by atoms with van der Waals surface area (Å²) in [5.74, 6) is -0.818. The number of rotatable bonds is 61. The third-order valence-corrected chi connectivity index (χ3v) is 15.7. The molecule has 444 valence electrons. The molecule has 0 aliphatic carbocycles. The van der Waals surface area contributed by atoms with Crippen LogP contribution in [0, 0.1) is 0 Å². The second-order valence-corrected chi connectivity index (χ2v) is 24.9. The van der Waals surface area contributed by atoms with E-state index in [9.17, 15) is 19.0 Å². The molecule has 2 atom stereocenters. The summed E-state index contributed by atoms with van der Waals surface area (Å²) in [4.78, 5) is 37.7. The molecular formula is C65H126NO8P. The number of allylic oxidation sites excluding steroid dienone is 4. The lowest BCUT2D eigenvalue weighted by atomic mass is 10.0. The van der Waals surface area contributed by atoms with Crippen LogP contribution < -0.4 is 4.89 Å². The first-order valence-corrected chi connectivity index (χ1v) is 34.0. The maximum absolute atomic E-state index is 12.8. The molecule has 0 heterocycles. The highest BCUT2D eigenvalue weighted by Gasteiger charge is 2.22. The van der Waals surface area contributed by atoms with Crippen molar-refractivity contribution in [1.29, 1.82) is 0 Å². The molecule has 2 unspecified atom stereocenters. The number of quaternary nitrogens is 1. The Kier molecular flexibility index (Phi) is 56.0. The van der Waals surface area contributed by atoms with Crippen LogP contribution in [-0.4, -0.2) is 70.0 Å². The largest absolute Gasteiger partial charge is 0.756 e. The van der Waals surface area contributed by atoms with Gasteiger partial charge in [-0.15, -0.1) is 0 Å². The lowest BCUT2D eigenvalue weighted by Crippen LogP contribution is -2.37. The van der Waals surface area contributed by atoms with Gasteiger partial charge in [0.2, 0.25) is 0 Å². The zero-order valence-corrected chi connectivity index (χ0v) is 51.4. The molecule has 0 aliphatic heterocycles. The number of hydrogen-bond donors (Lipinski definition) is 0. The third kappa shape index (κ3) is 61.6. The number of phosphoric acid groups is 1. The van der Waals surface area contributed by atoms with Gasteiger partial charge in [-0.05, 0) is 44.9 Å². The average molecular weight is 1080 g/mol. The number of carbonyl (C=O) groups excluding carboxylic acids is 2. The molecule has 0 aromatic rings. The number of esters is 2. The van der Waals surface area contributed by atoms with Crippen LogP contribution in [0.25, 0.3) is 0 Å². The number of phosphoric ester groups is 1. The fraction of sp³-hybridized carbons (Fsp3) is 0.908. The number of ether oxygens (including phenoxy) is 2. The minimum atomic E-state index is -4.62. The molecule has 0 aromatic heterocycles. The maximum atomic E-state index is 12.8. The summed E-state index contributed by atoms with van der Waals surface area (Å²) in [5, 5.41) is 0. The summed E-state index contributed by atoms with van der Waals surface area (Å²) in [6.45, 7) is 4.25. The molecule has 0 amide bonds. The van der Waals surface area contributed by atoms with E-state index >= 15 is 0 Å². The molecule has 0 saturated carbocycles. The molecule has 0 aromatic carbocycles. The van der Waals surface area contributed by atoms with Crippen LogP contribution in [0.1, 0.15) is 328 Å². The molecule has 75 heavy (non-hydrogen) atoms. The fourth-order valence-electron chi connectivity index (χ4n) is 9.69. The van der Waals surface area contributed by atoms with E-state index in [4.69, 9.17) is 18.5 Å². The van der Waals surface area contributed by atoms with Crippen molar-refractivity contribution in [1.82, 2.24) is 0 Å². The highest BCUT2D eigenvalue weighted by Crippen LogP contribution is 2.38. The van der Waals surface area contributed by atoms with Crippen molar-refractivity contribution in [2.24, 2.45) is 0 Å². The monoisotopic (exact) mass is 1080 g/mol. The van der Waals surface area contributed by atoms with E-state index in [1.807, 2.05) is 21.1 Å². The normalized spacial score (nSPS) is 13.3. The minimum Gasteiger partial charge on any atom is -0.756 e. The number of hydrogen-bond acceptors (Lipinski definition) is 8. The van der Waals surface area contributed by atoms with E-state index in [1.54, 1.807) is 0 Å². The van der Waals surface area contributed by atoms with Crippen molar-refractivity contribution in [2.75, 3.05) is 47.5 Å². The van der Waals surface area contributed by atoms with Gasteiger partial charge in [0, 0.05) is 12.8 Å². The van der Waals surface area contributed by atoms with Crippen LogP contribution in [0.15, 0.2) is 24.3 Å². The van der Waals surface area contributed by atoms with Gasteiger partial charge in [-0.2, -0.15) is 0 Å². The molecule has 0 rings (SSSR count). The van der Waals surface area contributed by atoms with Gasteiger partial charge in [0.05, 0.1) is 27.7 Å². The lowest BCUT2D eigenvalue weighted by molar-refractivity contribution is -0.870. The SMILES string of the molecule is CCCCCCC/C=C\C/C=C\CCCCCCCCCCCCCCCCCCCCCCCCCCCCCCCC(=O)OC(COC(=O)CCCCCCCCCCCC)COP(=O)([O-])OCC[N+](C)(C)C. The molecule has 0 aliphatic rings. The Morgan fingerprint density at radius 3 is 1.05 bits per heavy atom. The minimum absolute atomic E-state index is 0.0266. The smallest absolute Gasteiger partial charge is 0.306 e. The first-order chi connectivity index (χ1) is 36.5. The van der Waals surface area contributed by atoms with Gasteiger partial charge >= 0.3 is 11.9 Å². The van der Waals surface area contributed by atoms with Crippen molar-refractivity contribution < 1.29 is 42.1 Å². The summed E-state index contributed by atoms with van der Waals surface area (Å²) in [6.07, 6.45) is 70.1. The highest BCUT2D eigenvalue weighted by molar-refractivity contribution is 7.45. The van der Waals surface area contributed by atoms with Crippen molar-refractivity contribution in [3.8, 4) is 0 Å². The van der Waals surface area contributed by atoms with E-state index in [2.05, 4.69) is 38.2 Å². The quantitative estimate of drug-likeness (QED) is 0.0195. The van der Waals surface area contributed by atoms with Gasteiger partial charge in [-0.1, -0.05) is 295 Å². The molecule has 10 heteroatoms. The van der Waals surface area contributed by atoms with E-state index in [0.29, 0.717) is 17.4 Å². The molecule has 0 saturated heterocycles. The Morgan fingerprint density at radius 2 is 0.720 bits per heavy atom. The Morgan fingerprint density at radius 1 is 0.413 bits per heavy atom. The van der Waals surface area contributed by atoms with Crippen molar-refractivity contribution in [3.05, 3.63) is 24.3 Å². The predicted molar refractivity (Wildman–Crippen MR) is 319 cm³/mol. The van der Waals surface area contributed by atoms with Crippen molar-refractivity contribution >= 4 is 19.8 Å². The van der Waals surface area contributed by atoms with E-state index in [-0.39, 0.29) is 32.0 Å². The van der Waals surface area contributed by atoms with Crippen molar-refractivity contribution in [3.63, 3.8) is 0 Å². The first-order valence-electron chi connectivity index (χ1n) is 32.5. The standard InChI is InChI=1S/C65H126NO8P/c1-6-8-10-12-14-16-18-19-20-21-22-23-24-25-26-27-28-29-30-31-32-33-34-35-36-37-38-39-40-41-42-43-44-45-46-47-48-50-52-54-56-58-65(68)74-63(62-73-75(69,70)72-60-59-66(3,4)5)61-71-64(67)57-55-53-51-49-17-15-13-11-9-7-2/h18-19,21-22,63H,6-17,20,23-62H2,1-5H3/b19-18-,22-21-. The van der Waals surface area contributed by atoms with Gasteiger partial charge in [-0.25, -0.2) is 0 Å². The van der Waals surface area contributed by atoms with Gasteiger partial charge < -0.3 is 27.9 Å². The van der Waals surface area contributed by atoms with Gasteiger partial charge in [0.15, 0.2) is 6.10 Å². The number of nitrogens with zero attached hydrogens (tertiary/aromatic N) is 1. The molecule has 0 bridgehead atoms. The summed E-state index contributed by atoms with van der Waals surface area (Å²) in [7, 11) is 1.19. The Labute approximate surface area is 466 Å². The van der Waals surface area contributed by atoms with Crippen molar-refractivity contribution in [2.45, 2.75) is 335 Å². The summed E-state index contributed by atoms with van der Waals surface area (Å²) in [6, 6.07) is 0. The fourth-order valence-corrected chi connectivity index (χ4v) is 10.4. The molecule has 9 nitrogen and oxygen atoms in total. The summed E-state index contributed by atoms with van der Waals surface area (Å²) in [5.41, 5.74) is 0. The van der Waals surface area contributed by atoms with Crippen LogP contribution >= 0.6 is 7.82 Å². The molecule has 0 fully saturated rings. The predicted octanol–water partition coefficient (Wildman–Crippen LogP) is 19.9. The van der Waals surface area contributed by atoms with Crippen LogP contribution in [0.3, 0.4) is 0 Å². The van der Waals surface area contributed by atoms with Gasteiger partial charge in [-0.3, -0.25) is 14.2 Å². The number of carbonyl (C=O) groups is 2. The molecular weight excluding hydrogens is 954 g/mol. The Hall–Kier alpha value is -1.51. The second-order valence-electron chi connectivity index (χ2n) is 23.5. The van der Waals surface area contributed by atoms with Crippen LogP contribution in [0.5, 0.6) is 0 Å². The zero-order valence-electron chi connectivity index (χ0n) is 50.5. The molecule has 0 N–H and O–H groups in total. The second kappa shape index (κ2) is 57.2. The summed E-state index contributed by atoms with van der Waals surface area (Å²) < 4.78 is 34.1. The van der Waals surface area contributed by atoms with Gasteiger partial charge in [0.1, 0.15) is 19.8 Å².